The quantitative estimate of drug-likeness (QED) is 0.233. The summed E-state index contributed by atoms with van der Waals surface area (Å²) >= 11 is 0. The molecule has 0 amide bonds. The van der Waals surface area contributed by atoms with E-state index in [1.807, 2.05) is 0 Å². The average molecular weight is 490 g/mol. The number of hydrogen-bond acceptors (Lipinski definition) is 1. The Hall–Kier alpha value is -4.63. The van der Waals surface area contributed by atoms with Crippen LogP contribution in [0.15, 0.2) is 126 Å². The molecule has 0 fully saturated rings. The summed E-state index contributed by atoms with van der Waals surface area (Å²) in [5.41, 5.74) is 13.9. The van der Waals surface area contributed by atoms with E-state index in [0.717, 1.165) is 11.5 Å². The van der Waals surface area contributed by atoms with E-state index in [1.165, 1.54) is 61.4 Å². The molecule has 2 aliphatic heterocycles. The molecule has 5 aromatic rings. The Kier molecular flexibility index (Phi) is 3.66. The summed E-state index contributed by atoms with van der Waals surface area (Å²) in [7, 11) is 0. The lowest BCUT2D eigenvalue weighted by Gasteiger charge is -2.29. The number of nitrogens with zero attached hydrogens (tertiary/aromatic N) is 2. The third-order valence-electron chi connectivity index (χ3n) is 8.99. The first kappa shape index (κ1) is 20.4. The van der Waals surface area contributed by atoms with Gasteiger partial charge in [0.25, 0.3) is 5.54 Å². The van der Waals surface area contributed by atoms with Gasteiger partial charge < -0.3 is 4.74 Å². The maximum Gasteiger partial charge on any atom is 0.274 e. The lowest BCUT2D eigenvalue weighted by Crippen LogP contribution is -2.58. The number of aromatic nitrogens is 2. The molecule has 3 heterocycles. The fraction of sp³-hybridized carbons (Fsp3) is 0.114. The van der Waals surface area contributed by atoms with Crippen LogP contribution in [0.2, 0.25) is 0 Å². The van der Waals surface area contributed by atoms with Crippen LogP contribution in [-0.4, -0.2) is 4.68 Å². The lowest BCUT2D eigenvalue weighted by atomic mass is 9.77. The van der Waals surface area contributed by atoms with E-state index in [0.29, 0.717) is 0 Å². The van der Waals surface area contributed by atoms with E-state index in [9.17, 15) is 0 Å². The number of ether oxygens (including phenoxy) is 1. The first-order valence-electron chi connectivity index (χ1n) is 13.3. The molecule has 0 saturated heterocycles. The Bertz CT molecular complexity index is 1910. The lowest BCUT2D eigenvalue weighted by molar-refractivity contribution is -0.792. The van der Waals surface area contributed by atoms with E-state index in [1.54, 1.807) is 0 Å². The molecular formula is C35H25N2O+. The van der Waals surface area contributed by atoms with Crippen molar-refractivity contribution < 1.29 is 9.42 Å². The molecule has 1 spiro atoms. The van der Waals surface area contributed by atoms with E-state index < -0.39 is 5.54 Å². The average Bonchev–Trinajstić information content (AvgIpc) is 3.67. The van der Waals surface area contributed by atoms with Crippen molar-refractivity contribution in [3.05, 3.63) is 143 Å². The summed E-state index contributed by atoms with van der Waals surface area (Å²) in [5, 5.41) is 0. The van der Waals surface area contributed by atoms with Gasteiger partial charge >= 0.3 is 0 Å². The summed E-state index contributed by atoms with van der Waals surface area (Å²) in [6.45, 7) is 4.56. The van der Waals surface area contributed by atoms with Crippen LogP contribution in [0, 0.1) is 0 Å². The number of rotatable bonds is 2. The van der Waals surface area contributed by atoms with Crippen molar-refractivity contribution in [2.24, 2.45) is 0 Å². The highest BCUT2D eigenvalue weighted by molar-refractivity contribution is 5.78. The van der Waals surface area contributed by atoms with Gasteiger partial charge in [0.2, 0.25) is 6.20 Å². The highest BCUT2D eigenvalue weighted by Crippen LogP contribution is 2.66. The van der Waals surface area contributed by atoms with Gasteiger partial charge in [-0.15, -0.1) is 4.68 Å². The maximum atomic E-state index is 6.59. The second kappa shape index (κ2) is 6.81. The van der Waals surface area contributed by atoms with Crippen LogP contribution in [0.3, 0.4) is 0 Å². The summed E-state index contributed by atoms with van der Waals surface area (Å²) in [4.78, 5) is 0. The molecule has 2 atom stereocenters. The van der Waals surface area contributed by atoms with Gasteiger partial charge in [-0.3, -0.25) is 0 Å². The van der Waals surface area contributed by atoms with E-state index >= 15 is 0 Å². The second-order valence-corrected chi connectivity index (χ2v) is 10.9. The summed E-state index contributed by atoms with van der Waals surface area (Å²) < 4.78 is 11.4. The molecule has 3 heteroatoms. The minimum atomic E-state index is -0.401. The fourth-order valence-electron chi connectivity index (χ4n) is 7.64. The van der Waals surface area contributed by atoms with Crippen LogP contribution in [0.5, 0.6) is 11.5 Å². The van der Waals surface area contributed by atoms with Crippen molar-refractivity contribution in [2.75, 3.05) is 0 Å². The smallest absolute Gasteiger partial charge is 0.274 e. The van der Waals surface area contributed by atoms with E-state index in [-0.39, 0.29) is 5.92 Å². The van der Waals surface area contributed by atoms with Crippen LogP contribution < -0.4 is 9.42 Å². The zero-order valence-electron chi connectivity index (χ0n) is 21.3. The van der Waals surface area contributed by atoms with Gasteiger partial charge in [-0.05, 0) is 59.9 Å². The highest BCUT2D eigenvalue weighted by Gasteiger charge is 2.68. The Morgan fingerprint density at radius 1 is 0.711 bits per heavy atom. The molecular weight excluding hydrogens is 464 g/mol. The fourth-order valence-corrected chi connectivity index (χ4v) is 7.64. The second-order valence-electron chi connectivity index (χ2n) is 10.9. The van der Waals surface area contributed by atoms with Crippen LogP contribution in [0.1, 0.15) is 36.5 Å². The zero-order valence-corrected chi connectivity index (χ0v) is 21.3. The molecule has 4 aromatic carbocycles. The Morgan fingerprint density at radius 3 is 2.18 bits per heavy atom. The molecule has 0 bridgehead atoms. The molecule has 180 valence electrons. The van der Waals surface area contributed by atoms with Gasteiger partial charge in [0.1, 0.15) is 22.7 Å². The predicted molar refractivity (Wildman–Crippen MR) is 149 cm³/mol. The van der Waals surface area contributed by atoms with Crippen LogP contribution in [-0.2, 0) is 5.54 Å². The van der Waals surface area contributed by atoms with Gasteiger partial charge in [0.15, 0.2) is 0 Å². The zero-order chi connectivity index (χ0) is 25.2. The highest BCUT2D eigenvalue weighted by atomic mass is 16.5. The van der Waals surface area contributed by atoms with E-state index in [4.69, 9.17) is 4.74 Å². The minimum Gasteiger partial charge on any atom is -0.456 e. The number of benzene rings is 4. The standard InChI is InChI=1S/C35H25N2O/c1-21-18-22(2)32-31(21)27-10-6-12-29-33(27)35(32)34-28(11-7-13-30(34)38-29)36-19-26(20-37(35)36)25-16-14-24(15-17-25)23-8-4-3-5-9-23/h3-20,31H,1-2H3/q+1. The molecule has 9 rings (SSSR count). The summed E-state index contributed by atoms with van der Waals surface area (Å²) in [6, 6.07) is 32.6. The Labute approximate surface area is 221 Å². The van der Waals surface area contributed by atoms with Gasteiger partial charge in [-0.2, -0.15) is 0 Å². The van der Waals surface area contributed by atoms with Gasteiger partial charge in [-0.1, -0.05) is 89.1 Å². The van der Waals surface area contributed by atoms with Crippen LogP contribution in [0.25, 0.3) is 27.9 Å². The van der Waals surface area contributed by atoms with Crippen molar-refractivity contribution >= 4 is 0 Å². The topological polar surface area (TPSA) is 18.0 Å². The maximum absolute atomic E-state index is 6.59. The van der Waals surface area contributed by atoms with Gasteiger partial charge in [0, 0.05) is 11.5 Å². The monoisotopic (exact) mass is 489 g/mol. The summed E-state index contributed by atoms with van der Waals surface area (Å²) in [5.74, 6) is 2.23. The van der Waals surface area contributed by atoms with E-state index in [2.05, 4.69) is 133 Å². The van der Waals surface area contributed by atoms with Crippen molar-refractivity contribution in [2.45, 2.75) is 25.3 Å². The van der Waals surface area contributed by atoms with Crippen molar-refractivity contribution in [3.8, 4) is 39.4 Å². The third kappa shape index (κ3) is 2.25. The molecule has 0 saturated carbocycles. The molecule has 0 radical (unpaired) electrons. The first-order valence-corrected chi connectivity index (χ1v) is 13.3. The number of fused-ring (bicyclic) bond motifs is 4. The minimum absolute atomic E-state index is 0.287. The predicted octanol–water partition coefficient (Wildman–Crippen LogP) is 7.68. The van der Waals surface area contributed by atoms with Crippen molar-refractivity contribution in [3.63, 3.8) is 0 Å². The Morgan fingerprint density at radius 2 is 1.39 bits per heavy atom. The molecule has 0 N–H and O–H groups in total. The molecule has 4 aliphatic rings. The van der Waals surface area contributed by atoms with Crippen molar-refractivity contribution in [1.82, 2.24) is 4.68 Å². The number of hydrogen-bond donors (Lipinski definition) is 0. The molecule has 38 heavy (non-hydrogen) atoms. The molecule has 3 nitrogen and oxygen atoms in total. The number of allylic oxidation sites excluding steroid dienone is 4. The largest absolute Gasteiger partial charge is 0.456 e. The third-order valence-corrected chi connectivity index (χ3v) is 8.99. The van der Waals surface area contributed by atoms with Crippen molar-refractivity contribution in [1.29, 1.82) is 0 Å². The van der Waals surface area contributed by atoms with Gasteiger partial charge in [-0.25, -0.2) is 0 Å². The van der Waals surface area contributed by atoms with Crippen LogP contribution in [0.4, 0.5) is 0 Å². The first-order chi connectivity index (χ1) is 18.7. The molecule has 2 unspecified atom stereocenters. The van der Waals surface area contributed by atoms with Crippen LogP contribution >= 0.6 is 0 Å². The normalized spacial score (nSPS) is 21.0. The Balaban J connectivity index is 1.30. The van der Waals surface area contributed by atoms with Gasteiger partial charge in [0.05, 0.1) is 17.3 Å². The molecule has 1 aromatic heterocycles. The SMILES string of the molecule is CC1=CC(C)=C2C1c1cccc3c1C21c2c(cccc2-n2cc(-c4ccc(-c5ccccc5)cc4)c[n+]21)O3. The summed E-state index contributed by atoms with van der Waals surface area (Å²) in [6.07, 6.45) is 7.03. The molecule has 2 aliphatic carbocycles.